The van der Waals surface area contributed by atoms with Gasteiger partial charge in [-0.2, -0.15) is 0 Å². The van der Waals surface area contributed by atoms with Gasteiger partial charge in [-0.3, -0.25) is 0 Å². The molecule has 0 saturated carbocycles. The van der Waals surface area contributed by atoms with Crippen molar-refractivity contribution in [2.45, 2.75) is 32.9 Å². The summed E-state index contributed by atoms with van der Waals surface area (Å²) in [4.78, 5) is 12.3. The van der Waals surface area contributed by atoms with E-state index in [-0.39, 0.29) is 29.6 Å². The van der Waals surface area contributed by atoms with Gasteiger partial charge in [-0.25, -0.2) is 9.98 Å². The average Bonchev–Trinajstić information content (AvgIpc) is 3.07. The van der Waals surface area contributed by atoms with E-state index in [4.69, 9.17) is 4.74 Å². The van der Waals surface area contributed by atoms with E-state index in [1.54, 1.807) is 7.11 Å². The molecule has 1 aromatic heterocycles. The highest BCUT2D eigenvalue weighted by Gasteiger charge is 2.16. The molecule has 0 radical (unpaired) electrons. The van der Waals surface area contributed by atoms with Crippen LogP contribution in [0.25, 0.3) is 11.3 Å². The lowest BCUT2D eigenvalue weighted by atomic mass is 10.1. The van der Waals surface area contributed by atoms with Crippen LogP contribution in [0.4, 0.5) is 0 Å². The summed E-state index contributed by atoms with van der Waals surface area (Å²) in [5, 5.41) is 6.52. The fraction of sp³-hybridized carbons (Fsp3) is 0.444. The van der Waals surface area contributed by atoms with Crippen molar-refractivity contribution >= 4 is 29.9 Å². The first-order valence-corrected chi connectivity index (χ1v) is 8.20. The largest absolute Gasteiger partial charge is 0.377 e. The Bertz CT molecular complexity index is 654. The van der Waals surface area contributed by atoms with Crippen LogP contribution < -0.4 is 10.6 Å². The Morgan fingerprint density at radius 1 is 1.24 bits per heavy atom. The molecule has 0 aliphatic heterocycles. The summed E-state index contributed by atoms with van der Waals surface area (Å²) in [6, 6.07) is 10.1. The van der Waals surface area contributed by atoms with Crippen LogP contribution in [0.5, 0.6) is 0 Å². The summed E-state index contributed by atoms with van der Waals surface area (Å²) in [5.41, 5.74) is 1.87. The minimum atomic E-state index is -0.249. The van der Waals surface area contributed by atoms with Crippen LogP contribution in [0, 0.1) is 0 Å². The van der Waals surface area contributed by atoms with Crippen LogP contribution in [-0.4, -0.2) is 41.7 Å². The first-order chi connectivity index (χ1) is 11.5. The van der Waals surface area contributed by atoms with Gasteiger partial charge in [0, 0.05) is 20.2 Å². The quantitative estimate of drug-likeness (QED) is 0.339. The molecule has 0 unspecified atom stereocenters. The predicted octanol–water partition coefficient (Wildman–Crippen LogP) is 3.17. The van der Waals surface area contributed by atoms with Crippen LogP contribution in [0.2, 0.25) is 0 Å². The van der Waals surface area contributed by atoms with Gasteiger partial charge in [0.25, 0.3) is 0 Å². The lowest BCUT2D eigenvalue weighted by Crippen LogP contribution is -2.45. The van der Waals surface area contributed by atoms with Crippen molar-refractivity contribution in [3.63, 3.8) is 0 Å². The molecule has 0 amide bonds. The predicted molar refractivity (Wildman–Crippen MR) is 113 cm³/mol. The minimum absolute atomic E-state index is 0. The fourth-order valence-corrected chi connectivity index (χ4v) is 2.07. The van der Waals surface area contributed by atoms with E-state index in [9.17, 15) is 0 Å². The van der Waals surface area contributed by atoms with E-state index in [0.29, 0.717) is 13.1 Å². The van der Waals surface area contributed by atoms with Gasteiger partial charge >= 0.3 is 0 Å². The van der Waals surface area contributed by atoms with Crippen LogP contribution in [0.3, 0.4) is 0 Å². The van der Waals surface area contributed by atoms with Gasteiger partial charge < -0.3 is 20.4 Å². The topological polar surface area (TPSA) is 74.3 Å². The summed E-state index contributed by atoms with van der Waals surface area (Å²) < 4.78 is 5.42. The highest BCUT2D eigenvalue weighted by Crippen LogP contribution is 2.16. The summed E-state index contributed by atoms with van der Waals surface area (Å²) in [6.45, 7) is 8.05. The number of benzene rings is 1. The number of guanidine groups is 1. The van der Waals surface area contributed by atoms with Gasteiger partial charge in [-0.15, -0.1) is 24.0 Å². The van der Waals surface area contributed by atoms with E-state index in [0.717, 1.165) is 29.6 Å². The van der Waals surface area contributed by atoms with Gasteiger partial charge in [0.2, 0.25) is 0 Å². The van der Waals surface area contributed by atoms with E-state index in [1.165, 1.54) is 0 Å². The molecule has 2 rings (SSSR count). The van der Waals surface area contributed by atoms with Gasteiger partial charge in [0.1, 0.15) is 12.4 Å². The van der Waals surface area contributed by atoms with Gasteiger partial charge in [0.05, 0.1) is 17.5 Å². The highest BCUT2D eigenvalue weighted by atomic mass is 127. The van der Waals surface area contributed by atoms with Crippen molar-refractivity contribution in [2.75, 3.05) is 20.2 Å². The van der Waals surface area contributed by atoms with E-state index < -0.39 is 0 Å². The number of rotatable bonds is 7. The Morgan fingerprint density at radius 2 is 1.96 bits per heavy atom. The van der Waals surface area contributed by atoms with E-state index >= 15 is 0 Å². The van der Waals surface area contributed by atoms with Gasteiger partial charge in [0.15, 0.2) is 5.96 Å². The lowest BCUT2D eigenvalue weighted by Gasteiger charge is -2.24. The van der Waals surface area contributed by atoms with E-state index in [2.05, 4.69) is 37.7 Å². The Kier molecular flexibility index (Phi) is 8.91. The number of H-pyrrole nitrogens is 1. The average molecular weight is 457 g/mol. The molecule has 0 aliphatic carbocycles. The Labute approximate surface area is 166 Å². The Hall–Kier alpha value is -1.61. The van der Waals surface area contributed by atoms with Crippen LogP contribution >= 0.6 is 24.0 Å². The van der Waals surface area contributed by atoms with Crippen molar-refractivity contribution in [2.24, 2.45) is 4.99 Å². The SMILES string of the molecule is CCNC(=NCc1ncc(-c2ccccc2)[nH]1)NCC(C)(C)OC.I. The molecule has 0 spiro atoms. The molecule has 1 aromatic carbocycles. The monoisotopic (exact) mass is 457 g/mol. The summed E-state index contributed by atoms with van der Waals surface area (Å²) in [6.07, 6.45) is 1.84. The van der Waals surface area contributed by atoms with Crippen molar-refractivity contribution in [1.82, 2.24) is 20.6 Å². The highest BCUT2D eigenvalue weighted by molar-refractivity contribution is 14.0. The molecule has 7 heteroatoms. The number of nitrogens with zero attached hydrogens (tertiary/aromatic N) is 2. The number of ether oxygens (including phenoxy) is 1. The van der Waals surface area contributed by atoms with Crippen molar-refractivity contribution in [3.05, 3.63) is 42.4 Å². The lowest BCUT2D eigenvalue weighted by molar-refractivity contribution is 0.0268. The van der Waals surface area contributed by atoms with Crippen molar-refractivity contribution in [1.29, 1.82) is 0 Å². The maximum absolute atomic E-state index is 5.42. The number of aromatic nitrogens is 2. The molecule has 0 saturated heterocycles. The Morgan fingerprint density at radius 3 is 2.60 bits per heavy atom. The minimum Gasteiger partial charge on any atom is -0.377 e. The third-order valence-corrected chi connectivity index (χ3v) is 3.68. The molecule has 138 valence electrons. The maximum atomic E-state index is 5.42. The first-order valence-electron chi connectivity index (χ1n) is 8.20. The molecule has 6 nitrogen and oxygen atoms in total. The van der Waals surface area contributed by atoms with Gasteiger partial charge in [-0.05, 0) is 26.3 Å². The molecule has 3 N–H and O–H groups in total. The third-order valence-electron chi connectivity index (χ3n) is 3.68. The smallest absolute Gasteiger partial charge is 0.191 e. The third kappa shape index (κ3) is 7.03. The summed E-state index contributed by atoms with van der Waals surface area (Å²) in [5.74, 6) is 1.58. The number of imidazole rings is 1. The first kappa shape index (κ1) is 21.4. The molecule has 0 aliphatic rings. The fourth-order valence-electron chi connectivity index (χ4n) is 2.07. The van der Waals surface area contributed by atoms with Crippen LogP contribution in [0.15, 0.2) is 41.5 Å². The second-order valence-corrected chi connectivity index (χ2v) is 6.12. The molecule has 2 aromatic rings. The number of halogens is 1. The standard InChI is InChI=1S/C18H27N5O.HI/c1-5-19-17(22-13-18(2,3)24-4)21-12-16-20-11-15(23-16)14-9-7-6-8-10-14;/h6-11H,5,12-13H2,1-4H3,(H,20,23)(H2,19,21,22);1H. The number of hydrogen-bond donors (Lipinski definition) is 3. The molecule has 0 bridgehead atoms. The van der Waals surface area contributed by atoms with Crippen LogP contribution in [-0.2, 0) is 11.3 Å². The molecule has 0 fully saturated rings. The maximum Gasteiger partial charge on any atom is 0.191 e. The molecule has 1 heterocycles. The molecular weight excluding hydrogens is 429 g/mol. The zero-order chi connectivity index (χ0) is 17.4. The number of hydrogen-bond acceptors (Lipinski definition) is 3. The molecule has 0 atom stereocenters. The normalized spacial score (nSPS) is 11.8. The molecular formula is C18H28IN5O. The molecule has 25 heavy (non-hydrogen) atoms. The second kappa shape index (κ2) is 10.4. The van der Waals surface area contributed by atoms with E-state index in [1.807, 2.05) is 45.2 Å². The zero-order valence-electron chi connectivity index (χ0n) is 15.3. The summed E-state index contributed by atoms with van der Waals surface area (Å²) in [7, 11) is 1.71. The number of nitrogens with one attached hydrogen (secondary N) is 3. The van der Waals surface area contributed by atoms with Crippen molar-refractivity contribution < 1.29 is 4.74 Å². The summed E-state index contributed by atoms with van der Waals surface area (Å²) >= 11 is 0. The second-order valence-electron chi connectivity index (χ2n) is 6.12. The van der Waals surface area contributed by atoms with Crippen LogP contribution in [0.1, 0.15) is 26.6 Å². The number of aliphatic imine (C=N–C) groups is 1. The van der Waals surface area contributed by atoms with Gasteiger partial charge in [-0.1, -0.05) is 30.3 Å². The Balaban J connectivity index is 0.00000312. The van der Waals surface area contributed by atoms with Crippen molar-refractivity contribution in [3.8, 4) is 11.3 Å². The zero-order valence-corrected chi connectivity index (χ0v) is 17.6. The number of aromatic amines is 1. The number of methoxy groups -OCH3 is 1.